The second-order valence-corrected chi connectivity index (χ2v) is 20.7. The molecule has 0 N–H and O–H groups in total. The fourth-order valence-corrected chi connectivity index (χ4v) is 8.41. The first-order valence-electron chi connectivity index (χ1n) is 26.7. The second-order valence-electron chi connectivity index (χ2n) is 20.7. The van der Waals surface area contributed by atoms with Crippen molar-refractivity contribution in [1.82, 2.24) is 0 Å². The number of fused-ring (bicyclic) bond motifs is 2. The minimum atomic E-state index is 0.00822. The van der Waals surface area contributed by atoms with Crippen molar-refractivity contribution in [2.24, 2.45) is 0 Å². The van der Waals surface area contributed by atoms with Crippen LogP contribution in [0.15, 0.2) is 36.4 Å². The standard InChI is InChI=1S/C64H88O2/c1-63(2,3)59-49-51-61-57(55-59)47-43-39-35-31-27-28-32-36-40-44-48-58-56-60(64(4,5)6)50-52-62(58)66-54-46-42-38-34-30-26-24-22-20-18-16-14-12-10-8-7-9-11-13-15-17-19-21-23-25-29-33-37-41-45-53-65-61/h49-52,55-56H,7-26,29-30,33-34,37-38,41-42,45-46,53-54H2,1-6H3. The van der Waals surface area contributed by atoms with Gasteiger partial charge in [0.05, 0.1) is 24.3 Å². The molecule has 0 aromatic heterocycles. The SMILES string of the molecule is CC(C)(C)c1ccc2c(c1)C#CC#CC#CC#CC#CC#Cc1cc(C(C)(C)C)ccc1OCCCCCCCCCCCCCCCCCCCCCCCCCCCCCCCCO2. The highest BCUT2D eigenvalue weighted by atomic mass is 16.5. The van der Waals surface area contributed by atoms with E-state index in [1.54, 1.807) is 0 Å². The van der Waals surface area contributed by atoms with Crippen molar-refractivity contribution in [3.8, 4) is 82.5 Å². The molecule has 0 aliphatic carbocycles. The highest BCUT2D eigenvalue weighted by Gasteiger charge is 2.17. The van der Waals surface area contributed by atoms with Crippen LogP contribution in [-0.4, -0.2) is 13.2 Å². The summed E-state index contributed by atoms with van der Waals surface area (Å²) in [5, 5.41) is 0. The van der Waals surface area contributed by atoms with E-state index in [1.807, 2.05) is 0 Å². The lowest BCUT2D eigenvalue weighted by molar-refractivity contribution is 0.303. The maximum absolute atomic E-state index is 6.26. The molecule has 0 spiro atoms. The van der Waals surface area contributed by atoms with E-state index < -0.39 is 0 Å². The minimum absolute atomic E-state index is 0.00822. The van der Waals surface area contributed by atoms with Crippen LogP contribution >= 0.6 is 0 Å². The molecule has 0 amide bonds. The summed E-state index contributed by atoms with van der Waals surface area (Å²) in [5.41, 5.74) is 4.18. The van der Waals surface area contributed by atoms with Crippen LogP contribution in [0.4, 0.5) is 0 Å². The largest absolute Gasteiger partial charge is 0.492 e. The molecular weight excluding hydrogens is 801 g/mol. The van der Waals surface area contributed by atoms with Crippen LogP contribution in [0, 0.1) is 71.0 Å². The fraction of sp³-hybridized carbons (Fsp3) is 0.625. The predicted molar refractivity (Wildman–Crippen MR) is 285 cm³/mol. The van der Waals surface area contributed by atoms with E-state index in [0.29, 0.717) is 13.2 Å². The number of ether oxygens (including phenoxy) is 2. The van der Waals surface area contributed by atoms with Crippen LogP contribution in [0.2, 0.25) is 0 Å². The lowest BCUT2D eigenvalue weighted by Crippen LogP contribution is -2.11. The molecule has 1 aliphatic heterocycles. The highest BCUT2D eigenvalue weighted by Crippen LogP contribution is 2.29. The second kappa shape index (κ2) is 35.6. The van der Waals surface area contributed by atoms with Gasteiger partial charge in [-0.05, 0) is 130 Å². The van der Waals surface area contributed by atoms with Crippen LogP contribution in [0.25, 0.3) is 0 Å². The summed E-state index contributed by atoms with van der Waals surface area (Å²) in [7, 11) is 0. The van der Waals surface area contributed by atoms with Crippen LogP contribution in [0.1, 0.15) is 256 Å². The molecule has 1 heterocycles. The van der Waals surface area contributed by atoms with Crippen molar-refractivity contribution >= 4 is 0 Å². The molecular formula is C64H88O2. The average molecular weight is 889 g/mol. The Bertz CT molecular complexity index is 1880. The molecule has 0 saturated heterocycles. The summed E-state index contributed by atoms with van der Waals surface area (Å²) in [6, 6.07) is 12.7. The molecule has 0 fully saturated rings. The van der Waals surface area contributed by atoms with E-state index in [2.05, 4.69) is 149 Å². The zero-order chi connectivity index (χ0) is 47.2. The van der Waals surface area contributed by atoms with Crippen molar-refractivity contribution in [2.75, 3.05) is 13.2 Å². The third kappa shape index (κ3) is 27.8. The number of rotatable bonds is 0. The maximum atomic E-state index is 6.26. The van der Waals surface area contributed by atoms with Gasteiger partial charge in [-0.25, -0.2) is 0 Å². The summed E-state index contributed by atoms with van der Waals surface area (Å²) >= 11 is 0. The van der Waals surface area contributed by atoms with Crippen LogP contribution in [0.3, 0.4) is 0 Å². The monoisotopic (exact) mass is 889 g/mol. The van der Waals surface area contributed by atoms with Crippen LogP contribution in [-0.2, 0) is 10.8 Å². The Kier molecular flexibility index (Phi) is 30.0. The molecule has 356 valence electrons. The molecule has 2 heteroatoms. The van der Waals surface area contributed by atoms with Gasteiger partial charge < -0.3 is 9.47 Å². The van der Waals surface area contributed by atoms with Gasteiger partial charge in [0, 0.05) is 0 Å². The summed E-state index contributed by atoms with van der Waals surface area (Å²) in [4.78, 5) is 0. The van der Waals surface area contributed by atoms with E-state index in [0.717, 1.165) is 35.5 Å². The topological polar surface area (TPSA) is 18.5 Å². The molecule has 0 atom stereocenters. The normalized spacial score (nSPS) is 17.7. The van der Waals surface area contributed by atoms with E-state index in [9.17, 15) is 0 Å². The summed E-state index contributed by atoms with van der Waals surface area (Å²) in [5.74, 6) is 36.4. The summed E-state index contributed by atoms with van der Waals surface area (Å²) < 4.78 is 12.5. The van der Waals surface area contributed by atoms with E-state index in [1.165, 1.54) is 191 Å². The third-order valence-corrected chi connectivity index (χ3v) is 12.7. The Morgan fingerprint density at radius 3 is 0.727 bits per heavy atom. The third-order valence-electron chi connectivity index (χ3n) is 12.7. The van der Waals surface area contributed by atoms with Gasteiger partial charge in [0.2, 0.25) is 0 Å². The van der Waals surface area contributed by atoms with Crippen molar-refractivity contribution in [2.45, 2.75) is 245 Å². The molecule has 66 heavy (non-hydrogen) atoms. The zero-order valence-corrected chi connectivity index (χ0v) is 42.9. The quantitative estimate of drug-likeness (QED) is 0.245. The first-order chi connectivity index (χ1) is 32.1. The average Bonchev–Trinajstić information content (AvgIpc) is 3.29. The lowest BCUT2D eigenvalue weighted by Gasteiger charge is -2.20. The Hall–Kier alpha value is -4.60. The van der Waals surface area contributed by atoms with Gasteiger partial charge in [0.1, 0.15) is 11.5 Å². The van der Waals surface area contributed by atoms with Crippen LogP contribution in [0.5, 0.6) is 11.5 Å². The van der Waals surface area contributed by atoms with E-state index in [4.69, 9.17) is 9.47 Å². The van der Waals surface area contributed by atoms with Gasteiger partial charge >= 0.3 is 0 Å². The predicted octanol–water partition coefficient (Wildman–Crippen LogP) is 17.2. The molecule has 0 saturated carbocycles. The smallest absolute Gasteiger partial charge is 0.134 e. The molecule has 3 rings (SSSR count). The molecule has 2 aromatic carbocycles. The molecule has 0 unspecified atom stereocenters. The first kappa shape index (κ1) is 55.7. The molecule has 0 radical (unpaired) electrons. The summed E-state index contributed by atoms with van der Waals surface area (Å²) in [6.45, 7) is 14.7. The molecule has 1 aliphatic rings. The van der Waals surface area contributed by atoms with Crippen LogP contribution < -0.4 is 9.47 Å². The van der Waals surface area contributed by atoms with Crippen molar-refractivity contribution < 1.29 is 9.47 Å². The lowest BCUT2D eigenvalue weighted by atomic mass is 9.86. The van der Waals surface area contributed by atoms with Gasteiger partial charge in [0.15, 0.2) is 0 Å². The maximum Gasteiger partial charge on any atom is 0.134 e. The number of hydrogen-bond donors (Lipinski definition) is 0. The van der Waals surface area contributed by atoms with Gasteiger partial charge in [-0.3, -0.25) is 0 Å². The number of hydrogen-bond acceptors (Lipinski definition) is 2. The number of benzene rings is 2. The minimum Gasteiger partial charge on any atom is -0.492 e. The Morgan fingerprint density at radius 1 is 0.288 bits per heavy atom. The zero-order valence-electron chi connectivity index (χ0n) is 42.9. The van der Waals surface area contributed by atoms with E-state index in [-0.39, 0.29) is 10.8 Å². The van der Waals surface area contributed by atoms with Gasteiger partial charge in [-0.1, -0.05) is 233 Å². The Balaban J connectivity index is 1.55. The highest BCUT2D eigenvalue weighted by molar-refractivity contribution is 5.54. The van der Waals surface area contributed by atoms with Crippen molar-refractivity contribution in [3.05, 3.63) is 58.7 Å². The van der Waals surface area contributed by atoms with Crippen molar-refractivity contribution in [3.63, 3.8) is 0 Å². The fourth-order valence-electron chi connectivity index (χ4n) is 8.41. The molecule has 0 bridgehead atoms. The van der Waals surface area contributed by atoms with Gasteiger partial charge in [0.25, 0.3) is 0 Å². The van der Waals surface area contributed by atoms with Crippen molar-refractivity contribution in [1.29, 1.82) is 0 Å². The molecule has 2 aromatic rings. The Morgan fingerprint density at radius 2 is 0.500 bits per heavy atom. The van der Waals surface area contributed by atoms with Gasteiger partial charge in [-0.15, -0.1) is 0 Å². The Labute approximate surface area is 407 Å². The first-order valence-corrected chi connectivity index (χ1v) is 26.7. The molecule has 2 nitrogen and oxygen atoms in total. The van der Waals surface area contributed by atoms with Gasteiger partial charge in [-0.2, -0.15) is 0 Å². The van der Waals surface area contributed by atoms with E-state index >= 15 is 0 Å². The summed E-state index contributed by atoms with van der Waals surface area (Å²) in [6.07, 6.45) is 41.1.